The van der Waals surface area contributed by atoms with Crippen molar-refractivity contribution in [3.63, 3.8) is 0 Å². The van der Waals surface area contributed by atoms with E-state index in [1.807, 2.05) is 4.90 Å². The Labute approximate surface area is 121 Å². The molecule has 2 saturated heterocycles. The molecule has 0 aromatic carbocycles. The molecule has 2 heterocycles. The number of hydrogen-bond donors (Lipinski definition) is 0. The van der Waals surface area contributed by atoms with E-state index in [1.54, 1.807) is 0 Å². The molecule has 4 nitrogen and oxygen atoms in total. The predicted molar refractivity (Wildman–Crippen MR) is 77.1 cm³/mol. The monoisotopic (exact) mass is 278 g/mol. The van der Waals surface area contributed by atoms with Gasteiger partial charge in [-0.3, -0.25) is 9.59 Å². The lowest BCUT2D eigenvalue weighted by Crippen LogP contribution is -2.53. The number of nitrogens with zero attached hydrogens (tertiary/aromatic N) is 2. The normalized spacial score (nSPS) is 34.1. The Bertz CT molecular complexity index is 419. The molecule has 2 atom stereocenters. The summed E-state index contributed by atoms with van der Waals surface area (Å²) in [6, 6.07) is 0.153. The maximum Gasteiger partial charge on any atom is 0.245 e. The first-order chi connectivity index (χ1) is 9.50. The van der Waals surface area contributed by atoms with Crippen LogP contribution >= 0.6 is 0 Å². The molecular weight excluding hydrogens is 252 g/mol. The van der Waals surface area contributed by atoms with E-state index in [4.69, 9.17) is 0 Å². The molecule has 3 aliphatic rings. The van der Waals surface area contributed by atoms with Gasteiger partial charge in [-0.2, -0.15) is 0 Å². The Kier molecular flexibility index (Phi) is 3.51. The van der Waals surface area contributed by atoms with Gasteiger partial charge in [0.15, 0.2) is 0 Å². The fraction of sp³-hybridized carbons (Fsp3) is 0.875. The molecule has 1 saturated carbocycles. The largest absolute Gasteiger partial charge is 0.337 e. The van der Waals surface area contributed by atoms with Gasteiger partial charge in [-0.25, -0.2) is 0 Å². The molecule has 0 N–H and O–H groups in total. The van der Waals surface area contributed by atoms with Crippen molar-refractivity contribution in [2.75, 3.05) is 13.1 Å². The van der Waals surface area contributed by atoms with E-state index in [2.05, 4.69) is 18.7 Å². The van der Waals surface area contributed by atoms with Gasteiger partial charge in [-0.05, 0) is 37.5 Å². The van der Waals surface area contributed by atoms with Crippen LogP contribution in [0.2, 0.25) is 0 Å². The summed E-state index contributed by atoms with van der Waals surface area (Å²) >= 11 is 0. The van der Waals surface area contributed by atoms with Crippen molar-refractivity contribution >= 4 is 11.8 Å². The van der Waals surface area contributed by atoms with Crippen molar-refractivity contribution in [2.45, 2.75) is 70.9 Å². The second-order valence-corrected chi connectivity index (χ2v) is 7.28. The highest BCUT2D eigenvalue weighted by molar-refractivity contribution is 5.90. The molecule has 2 aliphatic heterocycles. The van der Waals surface area contributed by atoms with E-state index in [1.165, 1.54) is 12.8 Å². The van der Waals surface area contributed by atoms with E-state index in [9.17, 15) is 9.59 Å². The molecule has 1 aliphatic carbocycles. The lowest BCUT2D eigenvalue weighted by atomic mass is 9.86. The Morgan fingerprint density at radius 1 is 1.00 bits per heavy atom. The Balaban J connectivity index is 1.85. The van der Waals surface area contributed by atoms with Crippen molar-refractivity contribution in [3.8, 4) is 0 Å². The summed E-state index contributed by atoms with van der Waals surface area (Å²) in [6.45, 7) is 5.93. The second-order valence-electron chi connectivity index (χ2n) is 7.28. The minimum Gasteiger partial charge on any atom is -0.337 e. The van der Waals surface area contributed by atoms with E-state index in [0.717, 1.165) is 32.2 Å². The van der Waals surface area contributed by atoms with Gasteiger partial charge in [0, 0.05) is 25.6 Å². The number of fused-ring (bicyclic) bond motifs is 1. The van der Waals surface area contributed by atoms with Crippen LogP contribution in [0.15, 0.2) is 0 Å². The standard InChI is InChI=1S/C16H26N2O2/c1-16(2)9-5-7-13(16)18-11-8-14(19)17-10-4-3-6-12(17)15(18)20/h12-13H,3-11H2,1-2H3. The minimum absolute atomic E-state index is 0.171. The van der Waals surface area contributed by atoms with E-state index in [-0.39, 0.29) is 23.3 Å². The van der Waals surface area contributed by atoms with Crippen LogP contribution in [0.1, 0.15) is 58.8 Å². The van der Waals surface area contributed by atoms with Crippen molar-refractivity contribution < 1.29 is 9.59 Å². The fourth-order valence-corrected chi connectivity index (χ4v) is 4.34. The molecule has 2 unspecified atom stereocenters. The summed E-state index contributed by atoms with van der Waals surface area (Å²) in [4.78, 5) is 29.1. The molecule has 0 radical (unpaired) electrons. The van der Waals surface area contributed by atoms with E-state index >= 15 is 0 Å². The molecule has 0 bridgehead atoms. The lowest BCUT2D eigenvalue weighted by Gasteiger charge is -2.40. The summed E-state index contributed by atoms with van der Waals surface area (Å²) in [6.07, 6.45) is 6.96. The van der Waals surface area contributed by atoms with E-state index in [0.29, 0.717) is 19.0 Å². The average Bonchev–Trinajstić information content (AvgIpc) is 2.72. The molecule has 112 valence electrons. The van der Waals surface area contributed by atoms with Crippen LogP contribution in [0.3, 0.4) is 0 Å². The quantitative estimate of drug-likeness (QED) is 0.737. The van der Waals surface area contributed by atoms with Crippen LogP contribution < -0.4 is 0 Å². The summed E-state index contributed by atoms with van der Waals surface area (Å²) in [7, 11) is 0. The third kappa shape index (κ3) is 2.23. The SMILES string of the molecule is CC1(C)CCCC1N1CCC(=O)N2CCCCC2C1=O. The van der Waals surface area contributed by atoms with Gasteiger partial charge in [0.25, 0.3) is 0 Å². The molecule has 20 heavy (non-hydrogen) atoms. The van der Waals surface area contributed by atoms with Gasteiger partial charge < -0.3 is 9.80 Å². The van der Waals surface area contributed by atoms with E-state index < -0.39 is 0 Å². The van der Waals surface area contributed by atoms with Gasteiger partial charge in [0.1, 0.15) is 6.04 Å². The minimum atomic E-state index is -0.171. The highest BCUT2D eigenvalue weighted by atomic mass is 16.2. The topological polar surface area (TPSA) is 40.6 Å². The zero-order valence-electron chi connectivity index (χ0n) is 12.7. The molecule has 4 heteroatoms. The molecule has 3 rings (SSSR count). The highest BCUT2D eigenvalue weighted by Gasteiger charge is 2.45. The van der Waals surface area contributed by atoms with Gasteiger partial charge in [0.2, 0.25) is 11.8 Å². The fourth-order valence-electron chi connectivity index (χ4n) is 4.34. The van der Waals surface area contributed by atoms with Crippen molar-refractivity contribution in [1.82, 2.24) is 9.80 Å². The van der Waals surface area contributed by atoms with Crippen LogP contribution in [0.5, 0.6) is 0 Å². The predicted octanol–water partition coefficient (Wildman–Crippen LogP) is 2.18. The second kappa shape index (κ2) is 5.05. The van der Waals surface area contributed by atoms with Gasteiger partial charge >= 0.3 is 0 Å². The number of amides is 2. The van der Waals surface area contributed by atoms with Crippen molar-refractivity contribution in [3.05, 3.63) is 0 Å². The van der Waals surface area contributed by atoms with Crippen molar-refractivity contribution in [2.24, 2.45) is 5.41 Å². The summed E-state index contributed by atoms with van der Waals surface area (Å²) < 4.78 is 0. The number of carbonyl (C=O) groups is 2. The molecular formula is C16H26N2O2. The average molecular weight is 278 g/mol. The maximum atomic E-state index is 12.9. The zero-order valence-corrected chi connectivity index (χ0v) is 12.7. The number of carbonyl (C=O) groups excluding carboxylic acids is 2. The van der Waals surface area contributed by atoms with Crippen LogP contribution in [-0.4, -0.2) is 46.8 Å². The maximum absolute atomic E-state index is 12.9. The van der Waals surface area contributed by atoms with Crippen LogP contribution in [0, 0.1) is 5.41 Å². The third-order valence-corrected chi connectivity index (χ3v) is 5.53. The van der Waals surface area contributed by atoms with Crippen LogP contribution in [0.4, 0.5) is 0 Å². The molecule has 0 aromatic heterocycles. The summed E-state index contributed by atoms with van der Waals surface area (Å²) in [5, 5.41) is 0. The summed E-state index contributed by atoms with van der Waals surface area (Å²) in [5.74, 6) is 0.400. The zero-order chi connectivity index (χ0) is 14.3. The molecule has 3 fully saturated rings. The number of rotatable bonds is 1. The van der Waals surface area contributed by atoms with Gasteiger partial charge in [0.05, 0.1) is 0 Å². The lowest BCUT2D eigenvalue weighted by molar-refractivity contribution is -0.145. The molecule has 2 amide bonds. The Hall–Kier alpha value is -1.06. The smallest absolute Gasteiger partial charge is 0.245 e. The molecule has 0 aromatic rings. The Morgan fingerprint density at radius 3 is 2.50 bits per heavy atom. The van der Waals surface area contributed by atoms with Crippen LogP contribution in [-0.2, 0) is 9.59 Å². The Morgan fingerprint density at radius 2 is 1.80 bits per heavy atom. The van der Waals surface area contributed by atoms with Gasteiger partial charge in [-0.1, -0.05) is 20.3 Å². The first-order valence-electron chi connectivity index (χ1n) is 8.11. The number of hydrogen-bond acceptors (Lipinski definition) is 2. The van der Waals surface area contributed by atoms with Gasteiger partial charge in [-0.15, -0.1) is 0 Å². The van der Waals surface area contributed by atoms with Crippen molar-refractivity contribution in [1.29, 1.82) is 0 Å². The van der Waals surface area contributed by atoms with Crippen LogP contribution in [0.25, 0.3) is 0 Å². The summed E-state index contributed by atoms with van der Waals surface area (Å²) in [5.41, 5.74) is 0.197. The first-order valence-corrected chi connectivity index (χ1v) is 8.11. The number of piperidine rings is 1. The first kappa shape index (κ1) is 13.9. The molecule has 0 spiro atoms. The highest BCUT2D eigenvalue weighted by Crippen LogP contribution is 2.41. The third-order valence-electron chi connectivity index (χ3n) is 5.53.